The van der Waals surface area contributed by atoms with Crippen LogP contribution in [0.15, 0.2) is 61.2 Å². The molecular weight excluding hydrogens is 354 g/mol. The number of rotatable bonds is 5. The van der Waals surface area contributed by atoms with Crippen LogP contribution in [0.1, 0.15) is 52.7 Å². The second-order valence-corrected chi connectivity index (χ2v) is 5.28. The topological polar surface area (TPSA) is 55.5 Å². The molecule has 2 aromatic carbocycles. The Labute approximate surface area is 169 Å². The molecule has 0 heterocycles. The normalized spacial score (nSPS) is 9.41. The maximum atomic E-state index is 9.35. The molecule has 0 radical (unpaired) electrons. The van der Waals surface area contributed by atoms with Crippen molar-refractivity contribution in [3.8, 4) is 11.5 Å². The molecule has 0 atom stereocenters. The average Bonchev–Trinajstić information content (AvgIpc) is 2.77. The van der Waals surface area contributed by atoms with E-state index in [9.17, 15) is 5.11 Å². The van der Waals surface area contributed by atoms with Gasteiger partial charge in [-0.05, 0) is 53.3 Å². The Bertz CT molecular complexity index is 647. The smallest absolute Gasteiger partial charge is 0.146 e. The minimum absolute atomic E-state index is 0.260. The van der Waals surface area contributed by atoms with Crippen LogP contribution in [-0.4, -0.2) is 11.4 Å². The van der Waals surface area contributed by atoms with Crippen molar-refractivity contribution in [1.82, 2.24) is 0 Å². The van der Waals surface area contributed by atoms with Gasteiger partial charge in [0, 0.05) is 4.91 Å². The molecular formula is C23H35NO2S. The van der Waals surface area contributed by atoms with E-state index in [2.05, 4.69) is 11.4 Å². The summed E-state index contributed by atoms with van der Waals surface area (Å²) in [6, 6.07) is 14.5. The highest BCUT2D eigenvalue weighted by atomic mass is 32.2. The highest BCUT2D eigenvalue weighted by molar-refractivity contribution is 8.07. The summed E-state index contributed by atoms with van der Waals surface area (Å²) >= 11 is 1.63. The highest BCUT2D eigenvalue weighted by Crippen LogP contribution is 2.30. The van der Waals surface area contributed by atoms with Crippen LogP contribution in [0.4, 0.5) is 0 Å². The van der Waals surface area contributed by atoms with Gasteiger partial charge in [-0.25, -0.2) is 0 Å². The van der Waals surface area contributed by atoms with Gasteiger partial charge in [0.15, 0.2) is 0 Å². The van der Waals surface area contributed by atoms with Crippen molar-refractivity contribution in [2.24, 2.45) is 5.90 Å². The molecule has 0 saturated heterocycles. The molecule has 0 aliphatic carbocycles. The molecule has 0 aliphatic heterocycles. The van der Waals surface area contributed by atoms with Crippen LogP contribution in [0.25, 0.3) is 10.5 Å². The van der Waals surface area contributed by atoms with E-state index in [4.69, 9.17) is 5.90 Å². The van der Waals surface area contributed by atoms with Gasteiger partial charge in [0.05, 0.1) is 0 Å². The Morgan fingerprint density at radius 2 is 1.33 bits per heavy atom. The quantitative estimate of drug-likeness (QED) is 0.421. The van der Waals surface area contributed by atoms with E-state index in [-0.39, 0.29) is 5.75 Å². The Morgan fingerprint density at radius 3 is 1.74 bits per heavy atom. The van der Waals surface area contributed by atoms with E-state index in [0.29, 0.717) is 5.75 Å². The predicted octanol–water partition coefficient (Wildman–Crippen LogP) is 7.14. The summed E-state index contributed by atoms with van der Waals surface area (Å²) in [6.45, 7) is 16.1. The summed E-state index contributed by atoms with van der Waals surface area (Å²) < 4.78 is 0. The zero-order valence-electron chi connectivity index (χ0n) is 17.7. The molecule has 0 spiro atoms. The second-order valence-electron chi connectivity index (χ2n) is 4.43. The molecule has 3 nitrogen and oxygen atoms in total. The summed E-state index contributed by atoms with van der Waals surface area (Å²) in [5, 5.41) is 9.35. The lowest BCUT2D eigenvalue weighted by Crippen LogP contribution is -2.01. The molecule has 0 unspecified atom stereocenters. The number of hydrogen-bond acceptors (Lipinski definition) is 4. The number of allylic oxidation sites excluding steroid dienone is 2. The van der Waals surface area contributed by atoms with Gasteiger partial charge in [0.25, 0.3) is 0 Å². The first kappa shape index (κ1) is 27.1. The van der Waals surface area contributed by atoms with Crippen LogP contribution >= 0.6 is 11.8 Å². The van der Waals surface area contributed by atoms with Gasteiger partial charge in [-0.3, -0.25) is 0 Å². The number of hydrogen-bond donors (Lipinski definition) is 2. The molecule has 2 rings (SSSR count). The fourth-order valence-corrected chi connectivity index (χ4v) is 2.51. The van der Waals surface area contributed by atoms with E-state index in [1.54, 1.807) is 36.0 Å². The summed E-state index contributed by atoms with van der Waals surface area (Å²) in [5.41, 5.74) is 2.94. The third-order valence-electron chi connectivity index (χ3n) is 3.04. The molecule has 150 valence electrons. The monoisotopic (exact) mass is 389 g/mol. The second kappa shape index (κ2) is 17.3. The van der Waals surface area contributed by atoms with E-state index in [0.717, 1.165) is 21.6 Å². The van der Waals surface area contributed by atoms with Gasteiger partial charge in [0.1, 0.15) is 11.5 Å². The zero-order chi connectivity index (χ0) is 21.2. The van der Waals surface area contributed by atoms with Gasteiger partial charge in [-0.15, -0.1) is 11.8 Å². The standard InChI is InChI=1S/C17H17NO2S.3C2H6/c1-12(13-5-9-16(20-18)10-6-13)11-17(21-2)14-3-7-15(19)8-4-14;3*1-2/h3-11,19H,1,18H2,2H3;3*1-2H3/b17-11-;;;. The Morgan fingerprint density at radius 1 is 0.889 bits per heavy atom. The summed E-state index contributed by atoms with van der Waals surface area (Å²) in [5.74, 6) is 5.98. The lowest BCUT2D eigenvalue weighted by molar-refractivity contribution is 0.334. The third kappa shape index (κ3) is 9.92. The van der Waals surface area contributed by atoms with Crippen molar-refractivity contribution < 1.29 is 9.94 Å². The third-order valence-corrected chi connectivity index (χ3v) is 3.83. The lowest BCUT2D eigenvalue weighted by atomic mass is 10.1. The van der Waals surface area contributed by atoms with Crippen molar-refractivity contribution in [2.45, 2.75) is 41.5 Å². The van der Waals surface area contributed by atoms with Crippen LogP contribution in [0.2, 0.25) is 0 Å². The lowest BCUT2D eigenvalue weighted by Gasteiger charge is -2.08. The van der Waals surface area contributed by atoms with E-state index in [1.807, 2.05) is 78.1 Å². The average molecular weight is 390 g/mol. The summed E-state index contributed by atoms with van der Waals surface area (Å²) in [7, 11) is 0. The first-order chi connectivity index (χ1) is 13.1. The summed E-state index contributed by atoms with van der Waals surface area (Å²) in [6.07, 6.45) is 4.03. The maximum Gasteiger partial charge on any atom is 0.146 e. The minimum Gasteiger partial charge on any atom is -0.508 e. The van der Waals surface area contributed by atoms with E-state index >= 15 is 0 Å². The minimum atomic E-state index is 0.260. The van der Waals surface area contributed by atoms with E-state index in [1.165, 1.54) is 0 Å². The number of nitrogens with two attached hydrogens (primary N) is 1. The van der Waals surface area contributed by atoms with Crippen LogP contribution in [0, 0.1) is 0 Å². The Kier molecular flexibility index (Phi) is 17.3. The molecule has 0 bridgehead atoms. The van der Waals surface area contributed by atoms with Gasteiger partial charge in [0.2, 0.25) is 0 Å². The summed E-state index contributed by atoms with van der Waals surface area (Å²) in [4.78, 5) is 5.74. The number of thioether (sulfide) groups is 1. The fourth-order valence-electron chi connectivity index (χ4n) is 1.87. The van der Waals surface area contributed by atoms with Gasteiger partial charge in [-0.1, -0.05) is 72.4 Å². The Balaban J connectivity index is 0. The van der Waals surface area contributed by atoms with Crippen molar-refractivity contribution in [3.05, 3.63) is 72.3 Å². The van der Waals surface area contributed by atoms with Crippen molar-refractivity contribution in [2.75, 3.05) is 6.26 Å². The van der Waals surface area contributed by atoms with Crippen LogP contribution < -0.4 is 10.7 Å². The van der Waals surface area contributed by atoms with E-state index < -0.39 is 0 Å². The molecule has 4 heteroatoms. The van der Waals surface area contributed by atoms with Crippen molar-refractivity contribution >= 4 is 22.2 Å². The molecule has 0 amide bonds. The Hall–Kier alpha value is -2.17. The van der Waals surface area contributed by atoms with Crippen LogP contribution in [0.5, 0.6) is 11.5 Å². The highest BCUT2D eigenvalue weighted by Gasteiger charge is 2.03. The zero-order valence-corrected chi connectivity index (χ0v) is 18.6. The maximum absolute atomic E-state index is 9.35. The molecule has 0 aromatic heterocycles. The van der Waals surface area contributed by atoms with Crippen molar-refractivity contribution in [1.29, 1.82) is 0 Å². The number of aromatic hydroxyl groups is 1. The van der Waals surface area contributed by atoms with Gasteiger partial charge >= 0.3 is 0 Å². The number of benzene rings is 2. The molecule has 3 N–H and O–H groups in total. The predicted molar refractivity (Wildman–Crippen MR) is 124 cm³/mol. The molecule has 0 saturated carbocycles. The molecule has 0 aliphatic rings. The first-order valence-corrected chi connectivity index (χ1v) is 10.6. The van der Waals surface area contributed by atoms with Crippen LogP contribution in [0.3, 0.4) is 0 Å². The number of phenols is 1. The largest absolute Gasteiger partial charge is 0.508 e. The van der Waals surface area contributed by atoms with Gasteiger partial charge in [-0.2, -0.15) is 5.90 Å². The molecule has 27 heavy (non-hydrogen) atoms. The van der Waals surface area contributed by atoms with Crippen LogP contribution in [-0.2, 0) is 0 Å². The van der Waals surface area contributed by atoms with Crippen molar-refractivity contribution in [3.63, 3.8) is 0 Å². The SMILES string of the molecule is C=C(/C=C(\SC)c1ccc(O)cc1)c1ccc(ON)cc1.CC.CC.CC. The molecule has 2 aromatic rings. The fraction of sp³-hybridized carbons (Fsp3) is 0.304. The van der Waals surface area contributed by atoms with Gasteiger partial charge < -0.3 is 9.94 Å². The molecule has 0 fully saturated rings. The first-order valence-electron chi connectivity index (χ1n) is 9.35. The number of phenolic OH excluding ortho intramolecular Hbond substituents is 1.